The monoisotopic (exact) mass is 302 g/mol. The molecule has 2 atom stereocenters. The summed E-state index contributed by atoms with van der Waals surface area (Å²) in [7, 11) is 0. The van der Waals surface area contributed by atoms with Gasteiger partial charge >= 0.3 is 0 Å². The van der Waals surface area contributed by atoms with Gasteiger partial charge in [0.25, 0.3) is 5.91 Å². The number of carbonyl (C=O) groups is 2. The van der Waals surface area contributed by atoms with Crippen molar-refractivity contribution in [1.82, 2.24) is 10.2 Å². The van der Waals surface area contributed by atoms with Gasteiger partial charge in [-0.3, -0.25) is 9.59 Å². The van der Waals surface area contributed by atoms with E-state index in [1.54, 1.807) is 24.3 Å². The molecule has 3 rings (SSSR count). The largest absolute Gasteiger partial charge is 0.484 e. The summed E-state index contributed by atoms with van der Waals surface area (Å²) in [6.07, 6.45) is 3.18. The Kier molecular flexibility index (Phi) is 4.43. The number of fused-ring (bicyclic) bond motifs is 2. The van der Waals surface area contributed by atoms with Crippen molar-refractivity contribution in [2.24, 2.45) is 0 Å². The van der Waals surface area contributed by atoms with Crippen LogP contribution in [0, 0.1) is 0 Å². The third kappa shape index (κ3) is 3.14. The van der Waals surface area contributed by atoms with Gasteiger partial charge in [0, 0.05) is 24.2 Å². The number of benzene rings is 1. The number of ketones is 1. The Hall–Kier alpha value is -1.88. The summed E-state index contributed by atoms with van der Waals surface area (Å²) in [5.74, 6) is 0.610. The second kappa shape index (κ2) is 6.48. The number of nitrogens with zero attached hydrogens (tertiary/aromatic N) is 1. The minimum Gasteiger partial charge on any atom is -0.484 e. The van der Waals surface area contributed by atoms with E-state index >= 15 is 0 Å². The van der Waals surface area contributed by atoms with Gasteiger partial charge in [-0.25, -0.2) is 0 Å². The minimum atomic E-state index is -0.00610. The second-order valence-electron chi connectivity index (χ2n) is 6.05. The molecule has 22 heavy (non-hydrogen) atoms. The molecule has 0 aliphatic carbocycles. The number of nitrogens with one attached hydrogen (secondary N) is 1. The molecule has 2 heterocycles. The van der Waals surface area contributed by atoms with Crippen LogP contribution in [0.3, 0.4) is 0 Å². The number of ether oxygens (including phenoxy) is 1. The van der Waals surface area contributed by atoms with E-state index in [-0.39, 0.29) is 18.3 Å². The molecule has 5 nitrogen and oxygen atoms in total. The van der Waals surface area contributed by atoms with Gasteiger partial charge < -0.3 is 15.0 Å². The van der Waals surface area contributed by atoms with E-state index in [9.17, 15) is 9.59 Å². The summed E-state index contributed by atoms with van der Waals surface area (Å²) in [4.78, 5) is 25.9. The first kappa shape index (κ1) is 15.0. The predicted octanol–water partition coefficient (Wildman–Crippen LogP) is 1.62. The molecule has 2 bridgehead atoms. The van der Waals surface area contributed by atoms with Crippen LogP contribution in [0.2, 0.25) is 0 Å². The molecule has 0 aromatic heterocycles. The highest BCUT2D eigenvalue weighted by molar-refractivity contribution is 5.94. The van der Waals surface area contributed by atoms with E-state index in [0.29, 0.717) is 23.4 Å². The van der Waals surface area contributed by atoms with E-state index in [0.717, 1.165) is 32.4 Å². The van der Waals surface area contributed by atoms with Crippen LogP contribution in [0.25, 0.3) is 0 Å². The summed E-state index contributed by atoms with van der Waals surface area (Å²) in [5, 5.41) is 3.39. The SMILES string of the molecule is CC(=O)c1cccc(OCC(=O)N2C3CCNCC2CC3)c1. The van der Waals surface area contributed by atoms with E-state index in [1.165, 1.54) is 6.92 Å². The average molecular weight is 302 g/mol. The van der Waals surface area contributed by atoms with Crippen LogP contribution < -0.4 is 10.1 Å². The van der Waals surface area contributed by atoms with E-state index in [1.807, 2.05) is 4.90 Å². The fourth-order valence-electron chi connectivity index (χ4n) is 3.41. The molecule has 2 aliphatic rings. The molecule has 0 spiro atoms. The van der Waals surface area contributed by atoms with E-state index in [4.69, 9.17) is 4.74 Å². The van der Waals surface area contributed by atoms with Crippen LogP contribution in [0.5, 0.6) is 5.75 Å². The van der Waals surface area contributed by atoms with E-state index < -0.39 is 0 Å². The number of Topliss-reactive ketones (excluding diaryl/α,β-unsaturated/α-hetero) is 1. The zero-order valence-corrected chi connectivity index (χ0v) is 12.9. The molecule has 1 amide bonds. The molecule has 0 radical (unpaired) electrons. The van der Waals surface area contributed by atoms with Gasteiger partial charge in [0.1, 0.15) is 5.75 Å². The fraction of sp³-hybridized carbons (Fsp3) is 0.529. The molecular weight excluding hydrogens is 280 g/mol. The molecule has 2 saturated heterocycles. The smallest absolute Gasteiger partial charge is 0.261 e. The van der Waals surface area contributed by atoms with Crippen molar-refractivity contribution < 1.29 is 14.3 Å². The summed E-state index contributed by atoms with van der Waals surface area (Å²) in [6, 6.07) is 7.63. The highest BCUT2D eigenvalue weighted by atomic mass is 16.5. The number of hydrogen-bond acceptors (Lipinski definition) is 4. The maximum atomic E-state index is 12.5. The third-order valence-corrected chi connectivity index (χ3v) is 4.55. The molecule has 1 aromatic rings. The highest BCUT2D eigenvalue weighted by Crippen LogP contribution is 2.28. The lowest BCUT2D eigenvalue weighted by Gasteiger charge is -2.27. The number of hydrogen-bond donors (Lipinski definition) is 1. The van der Waals surface area contributed by atoms with Crippen LogP contribution in [0.15, 0.2) is 24.3 Å². The molecular formula is C17H22N2O3. The Bertz CT molecular complexity index is 559. The number of carbonyl (C=O) groups excluding carboxylic acids is 2. The second-order valence-corrected chi connectivity index (χ2v) is 6.05. The minimum absolute atomic E-state index is 0.00610. The highest BCUT2D eigenvalue weighted by Gasteiger charge is 2.37. The summed E-state index contributed by atoms with van der Waals surface area (Å²) < 4.78 is 5.61. The maximum Gasteiger partial charge on any atom is 0.261 e. The zero-order valence-electron chi connectivity index (χ0n) is 12.9. The first-order valence-corrected chi connectivity index (χ1v) is 7.91. The molecule has 1 N–H and O–H groups in total. The fourth-order valence-corrected chi connectivity index (χ4v) is 3.41. The van der Waals surface area contributed by atoms with Crippen molar-refractivity contribution in [1.29, 1.82) is 0 Å². The Labute approximate surface area is 130 Å². The van der Waals surface area contributed by atoms with Gasteiger partial charge in [0.15, 0.2) is 12.4 Å². The molecule has 0 saturated carbocycles. The first-order chi connectivity index (χ1) is 10.6. The number of rotatable bonds is 4. The lowest BCUT2D eigenvalue weighted by Crippen LogP contribution is -2.44. The van der Waals surface area contributed by atoms with Crippen LogP contribution in [0.1, 0.15) is 36.5 Å². The van der Waals surface area contributed by atoms with Crippen molar-refractivity contribution in [3.8, 4) is 5.75 Å². The van der Waals surface area contributed by atoms with E-state index in [2.05, 4.69) is 5.32 Å². The Balaban J connectivity index is 1.62. The average Bonchev–Trinajstić information content (AvgIpc) is 2.78. The maximum absolute atomic E-state index is 12.5. The molecule has 2 unspecified atom stereocenters. The predicted molar refractivity (Wildman–Crippen MR) is 83.1 cm³/mol. The van der Waals surface area contributed by atoms with Gasteiger partial charge in [-0.05, 0) is 44.9 Å². The van der Waals surface area contributed by atoms with Gasteiger partial charge in [-0.2, -0.15) is 0 Å². The lowest BCUT2D eigenvalue weighted by atomic mass is 10.1. The molecule has 2 aliphatic heterocycles. The van der Waals surface area contributed by atoms with Crippen molar-refractivity contribution in [2.45, 2.75) is 38.3 Å². The quantitative estimate of drug-likeness (QED) is 0.859. The first-order valence-electron chi connectivity index (χ1n) is 7.91. The van der Waals surface area contributed by atoms with Gasteiger partial charge in [-0.1, -0.05) is 12.1 Å². The Morgan fingerprint density at radius 3 is 2.91 bits per heavy atom. The van der Waals surface area contributed by atoms with Crippen molar-refractivity contribution in [3.05, 3.63) is 29.8 Å². The zero-order chi connectivity index (χ0) is 15.5. The third-order valence-electron chi connectivity index (χ3n) is 4.55. The number of amides is 1. The van der Waals surface area contributed by atoms with Crippen LogP contribution >= 0.6 is 0 Å². The normalized spacial score (nSPS) is 24.0. The molecule has 118 valence electrons. The summed E-state index contributed by atoms with van der Waals surface area (Å²) in [5.41, 5.74) is 0.601. The van der Waals surface area contributed by atoms with Crippen molar-refractivity contribution in [2.75, 3.05) is 19.7 Å². The lowest BCUT2D eigenvalue weighted by molar-refractivity contribution is -0.136. The Morgan fingerprint density at radius 1 is 1.27 bits per heavy atom. The summed E-state index contributed by atoms with van der Waals surface area (Å²) >= 11 is 0. The molecule has 2 fully saturated rings. The molecule has 1 aromatic carbocycles. The topological polar surface area (TPSA) is 58.6 Å². The standard InChI is InChI=1S/C17H22N2O3/c1-12(20)13-3-2-4-16(9-13)22-11-17(21)19-14-5-6-15(19)10-18-8-7-14/h2-4,9,14-15,18H,5-8,10-11H2,1H3. The van der Waals surface area contributed by atoms with Gasteiger partial charge in [0.2, 0.25) is 0 Å². The van der Waals surface area contributed by atoms with Crippen molar-refractivity contribution in [3.63, 3.8) is 0 Å². The summed E-state index contributed by atoms with van der Waals surface area (Å²) in [6.45, 7) is 3.41. The Morgan fingerprint density at radius 2 is 2.09 bits per heavy atom. The van der Waals surface area contributed by atoms with Crippen LogP contribution in [-0.2, 0) is 4.79 Å². The van der Waals surface area contributed by atoms with Crippen molar-refractivity contribution >= 4 is 11.7 Å². The van der Waals surface area contributed by atoms with Gasteiger partial charge in [0.05, 0.1) is 0 Å². The van der Waals surface area contributed by atoms with Crippen LogP contribution in [-0.4, -0.2) is 48.4 Å². The molecule has 5 heteroatoms. The van der Waals surface area contributed by atoms with Gasteiger partial charge in [-0.15, -0.1) is 0 Å². The van der Waals surface area contributed by atoms with Crippen LogP contribution in [0.4, 0.5) is 0 Å².